The Morgan fingerprint density at radius 1 is 1.26 bits per heavy atom. The Morgan fingerprint density at radius 3 is 2.52 bits per heavy atom. The maximum atomic E-state index is 11.6. The van der Waals surface area contributed by atoms with E-state index in [1.165, 1.54) is 18.4 Å². The van der Waals surface area contributed by atoms with Crippen LogP contribution in [0.1, 0.15) is 30.9 Å². The minimum Gasteiger partial charge on any atom is -0.497 e. The Labute approximate surface area is 138 Å². The largest absolute Gasteiger partial charge is 0.497 e. The van der Waals surface area contributed by atoms with E-state index in [4.69, 9.17) is 4.74 Å². The van der Waals surface area contributed by atoms with Gasteiger partial charge in [0.1, 0.15) is 5.75 Å². The van der Waals surface area contributed by atoms with Gasteiger partial charge in [-0.3, -0.25) is 4.90 Å². The first-order valence-electron chi connectivity index (χ1n) is 8.39. The van der Waals surface area contributed by atoms with Gasteiger partial charge in [0.15, 0.2) is 9.84 Å². The molecule has 0 aliphatic carbocycles. The molecule has 2 heterocycles. The normalized spacial score (nSPS) is 25.5. The van der Waals surface area contributed by atoms with Gasteiger partial charge in [-0.15, -0.1) is 0 Å². The van der Waals surface area contributed by atoms with E-state index in [0.717, 1.165) is 31.8 Å². The van der Waals surface area contributed by atoms with E-state index in [2.05, 4.69) is 22.3 Å². The molecule has 5 nitrogen and oxygen atoms in total. The molecule has 1 aromatic carbocycles. The van der Waals surface area contributed by atoms with Crippen molar-refractivity contribution in [3.05, 3.63) is 29.8 Å². The van der Waals surface area contributed by atoms with Crippen LogP contribution in [0.5, 0.6) is 5.75 Å². The highest BCUT2D eigenvalue weighted by atomic mass is 32.2. The van der Waals surface area contributed by atoms with Gasteiger partial charge in [0, 0.05) is 18.6 Å². The summed E-state index contributed by atoms with van der Waals surface area (Å²) in [6.07, 6.45) is 3.21. The first-order chi connectivity index (χ1) is 11.1. The summed E-state index contributed by atoms with van der Waals surface area (Å²) < 4.78 is 28.5. The van der Waals surface area contributed by atoms with Crippen molar-refractivity contribution < 1.29 is 13.2 Å². The van der Waals surface area contributed by atoms with E-state index in [-0.39, 0.29) is 11.8 Å². The Balaban J connectivity index is 1.68. The van der Waals surface area contributed by atoms with Crippen LogP contribution in [-0.2, 0) is 9.84 Å². The Morgan fingerprint density at radius 2 is 1.96 bits per heavy atom. The smallest absolute Gasteiger partial charge is 0.151 e. The van der Waals surface area contributed by atoms with Crippen LogP contribution in [0.3, 0.4) is 0 Å². The monoisotopic (exact) mass is 338 g/mol. The predicted molar refractivity (Wildman–Crippen MR) is 91.6 cm³/mol. The molecule has 3 rings (SSSR count). The van der Waals surface area contributed by atoms with Gasteiger partial charge in [-0.1, -0.05) is 12.1 Å². The molecule has 2 fully saturated rings. The molecular weight excluding hydrogens is 312 g/mol. The predicted octanol–water partition coefficient (Wildman–Crippen LogP) is 1.61. The fraction of sp³-hybridized carbons (Fsp3) is 0.647. The van der Waals surface area contributed by atoms with Gasteiger partial charge < -0.3 is 10.1 Å². The molecule has 2 atom stereocenters. The van der Waals surface area contributed by atoms with Gasteiger partial charge in [-0.2, -0.15) is 0 Å². The van der Waals surface area contributed by atoms with Gasteiger partial charge >= 0.3 is 0 Å². The lowest BCUT2D eigenvalue weighted by atomic mass is 10.0. The van der Waals surface area contributed by atoms with Gasteiger partial charge in [-0.05, 0) is 50.0 Å². The average molecular weight is 338 g/mol. The van der Waals surface area contributed by atoms with E-state index in [1.54, 1.807) is 7.11 Å². The van der Waals surface area contributed by atoms with Crippen LogP contribution < -0.4 is 10.1 Å². The SMILES string of the molecule is COc1ccc([C@@H](CN[C@H]2CCS(=O)(=O)C2)N2CCCC2)cc1. The molecule has 128 valence electrons. The third kappa shape index (κ3) is 4.25. The van der Waals surface area contributed by atoms with E-state index in [1.807, 2.05) is 12.1 Å². The zero-order valence-electron chi connectivity index (χ0n) is 13.7. The maximum absolute atomic E-state index is 11.6. The second-order valence-electron chi connectivity index (χ2n) is 6.54. The van der Waals surface area contributed by atoms with Crippen molar-refractivity contribution in [1.82, 2.24) is 10.2 Å². The number of nitrogens with one attached hydrogen (secondary N) is 1. The van der Waals surface area contributed by atoms with Gasteiger partial charge in [0.05, 0.1) is 18.6 Å². The van der Waals surface area contributed by atoms with Crippen LogP contribution in [0.25, 0.3) is 0 Å². The highest BCUT2D eigenvalue weighted by molar-refractivity contribution is 7.91. The lowest BCUT2D eigenvalue weighted by Crippen LogP contribution is -2.39. The van der Waals surface area contributed by atoms with E-state index in [9.17, 15) is 8.42 Å². The highest BCUT2D eigenvalue weighted by Crippen LogP contribution is 2.26. The molecule has 0 unspecified atom stereocenters. The fourth-order valence-electron chi connectivity index (χ4n) is 3.57. The van der Waals surface area contributed by atoms with Crippen LogP contribution in [0.15, 0.2) is 24.3 Å². The lowest BCUT2D eigenvalue weighted by molar-refractivity contribution is 0.234. The molecule has 1 N–H and O–H groups in total. The quantitative estimate of drug-likeness (QED) is 0.854. The molecule has 0 radical (unpaired) electrons. The van der Waals surface area contributed by atoms with Crippen molar-refractivity contribution in [3.63, 3.8) is 0 Å². The Hall–Kier alpha value is -1.11. The van der Waals surface area contributed by atoms with Gasteiger partial charge in [-0.25, -0.2) is 8.42 Å². The molecular formula is C17H26N2O3S. The van der Waals surface area contributed by atoms with Crippen LogP contribution in [0, 0.1) is 0 Å². The molecule has 0 amide bonds. The number of nitrogens with zero attached hydrogens (tertiary/aromatic N) is 1. The van der Waals surface area contributed by atoms with Crippen LogP contribution >= 0.6 is 0 Å². The van der Waals surface area contributed by atoms with Crippen molar-refractivity contribution in [2.24, 2.45) is 0 Å². The van der Waals surface area contributed by atoms with Crippen molar-refractivity contribution in [1.29, 1.82) is 0 Å². The topological polar surface area (TPSA) is 58.6 Å². The zero-order chi connectivity index (χ0) is 16.3. The molecule has 0 saturated carbocycles. The van der Waals surface area contributed by atoms with Crippen LogP contribution in [0.4, 0.5) is 0 Å². The molecule has 0 bridgehead atoms. The van der Waals surface area contributed by atoms with Gasteiger partial charge in [0.25, 0.3) is 0 Å². The standard InChI is InChI=1S/C17H26N2O3S/c1-22-16-6-4-14(5-7-16)17(19-9-2-3-10-19)12-18-15-8-11-23(20,21)13-15/h4-7,15,17-18H,2-3,8-13H2,1H3/t15-,17+/m0/s1. The molecule has 23 heavy (non-hydrogen) atoms. The number of likely N-dealkylation sites (tertiary alicyclic amines) is 1. The third-order valence-corrected chi connectivity index (χ3v) is 6.68. The van der Waals surface area contributed by atoms with Crippen molar-refractivity contribution >= 4 is 9.84 Å². The minimum atomic E-state index is -2.83. The van der Waals surface area contributed by atoms with Crippen molar-refractivity contribution in [2.45, 2.75) is 31.3 Å². The molecule has 2 aliphatic heterocycles. The van der Waals surface area contributed by atoms with Crippen LogP contribution in [-0.4, -0.2) is 57.6 Å². The first-order valence-corrected chi connectivity index (χ1v) is 10.2. The maximum Gasteiger partial charge on any atom is 0.151 e. The third-order valence-electron chi connectivity index (χ3n) is 4.91. The van der Waals surface area contributed by atoms with Crippen molar-refractivity contribution in [3.8, 4) is 5.75 Å². The minimum absolute atomic E-state index is 0.100. The number of methoxy groups -OCH3 is 1. The fourth-order valence-corrected chi connectivity index (χ4v) is 5.28. The number of sulfone groups is 1. The second-order valence-corrected chi connectivity index (χ2v) is 8.77. The molecule has 0 spiro atoms. The average Bonchev–Trinajstić information content (AvgIpc) is 3.18. The molecule has 2 aliphatic rings. The summed E-state index contributed by atoms with van der Waals surface area (Å²) in [6, 6.07) is 8.63. The summed E-state index contributed by atoms with van der Waals surface area (Å²) in [5, 5.41) is 3.49. The summed E-state index contributed by atoms with van der Waals surface area (Å²) in [4.78, 5) is 2.50. The van der Waals surface area contributed by atoms with Crippen LogP contribution in [0.2, 0.25) is 0 Å². The lowest BCUT2D eigenvalue weighted by Gasteiger charge is -2.29. The van der Waals surface area contributed by atoms with Gasteiger partial charge in [0.2, 0.25) is 0 Å². The van der Waals surface area contributed by atoms with E-state index < -0.39 is 9.84 Å². The number of benzene rings is 1. The molecule has 6 heteroatoms. The highest BCUT2D eigenvalue weighted by Gasteiger charge is 2.29. The molecule has 1 aromatic rings. The molecule has 2 saturated heterocycles. The number of hydrogen-bond acceptors (Lipinski definition) is 5. The number of hydrogen-bond donors (Lipinski definition) is 1. The molecule has 0 aromatic heterocycles. The van der Waals surface area contributed by atoms with E-state index in [0.29, 0.717) is 11.8 Å². The summed E-state index contributed by atoms with van der Waals surface area (Å²) in [5.74, 6) is 1.47. The summed E-state index contributed by atoms with van der Waals surface area (Å²) in [6.45, 7) is 3.02. The summed E-state index contributed by atoms with van der Waals surface area (Å²) in [7, 11) is -1.15. The van der Waals surface area contributed by atoms with E-state index >= 15 is 0 Å². The summed E-state index contributed by atoms with van der Waals surface area (Å²) >= 11 is 0. The Bertz CT molecular complexity index is 609. The summed E-state index contributed by atoms with van der Waals surface area (Å²) in [5.41, 5.74) is 1.26. The van der Waals surface area contributed by atoms with Crippen molar-refractivity contribution in [2.75, 3.05) is 38.2 Å². The zero-order valence-corrected chi connectivity index (χ0v) is 14.5. The Kier molecular flexibility index (Phi) is 5.24. The number of rotatable bonds is 6. The first kappa shape index (κ1) is 16.7. The second kappa shape index (κ2) is 7.20. The number of ether oxygens (including phenoxy) is 1.